The van der Waals surface area contributed by atoms with Crippen molar-refractivity contribution in [2.45, 2.75) is 33.1 Å². The molecule has 0 heterocycles. The van der Waals surface area contributed by atoms with Gasteiger partial charge in [-0.15, -0.1) is 0 Å². The number of ether oxygens (including phenoxy) is 2. The van der Waals surface area contributed by atoms with Crippen molar-refractivity contribution in [3.63, 3.8) is 0 Å². The lowest BCUT2D eigenvalue weighted by molar-refractivity contribution is 0.0592. The average Bonchev–Trinajstić information content (AvgIpc) is 3.25. The van der Waals surface area contributed by atoms with Crippen molar-refractivity contribution in [2.24, 2.45) is 0 Å². The highest BCUT2D eigenvalue weighted by molar-refractivity contribution is 6.30. The fourth-order valence-corrected chi connectivity index (χ4v) is 7.63. The highest BCUT2D eigenvalue weighted by Crippen LogP contribution is 2.56. The minimum Gasteiger partial charge on any atom is -0.465 e. The molecule has 0 radical (unpaired) electrons. The third kappa shape index (κ3) is 7.80. The Balaban J connectivity index is 1.74. The van der Waals surface area contributed by atoms with Crippen molar-refractivity contribution >= 4 is 23.5 Å². The van der Waals surface area contributed by atoms with Gasteiger partial charge in [-0.25, -0.2) is 9.59 Å². The molecule has 0 amide bonds. The van der Waals surface area contributed by atoms with Crippen molar-refractivity contribution in [2.75, 3.05) is 14.2 Å². The van der Waals surface area contributed by atoms with Crippen LogP contribution in [0.4, 0.5) is 0 Å². The lowest BCUT2D eigenvalue weighted by atomic mass is 9.74. The molecule has 0 aliphatic carbocycles. The summed E-state index contributed by atoms with van der Waals surface area (Å²) in [6.45, 7) is 4.33. The summed E-state index contributed by atoms with van der Waals surface area (Å²) in [7, 11) is 2.78. The second-order valence-electron chi connectivity index (χ2n) is 13.9. The lowest BCUT2D eigenvalue weighted by Gasteiger charge is -2.29. The molecule has 0 atom stereocenters. The van der Waals surface area contributed by atoms with E-state index >= 15 is 0 Å². The number of methoxy groups -OCH3 is 2. The number of rotatable bonds is 11. The van der Waals surface area contributed by atoms with Crippen LogP contribution in [-0.4, -0.2) is 26.2 Å². The normalized spacial score (nSPS) is 10.9. The van der Waals surface area contributed by atoms with Gasteiger partial charge in [0.25, 0.3) is 0 Å². The predicted octanol–water partition coefficient (Wildman–Crippen LogP) is 13.6. The average molecular weight is 755 g/mol. The Hall–Kier alpha value is -6.23. The van der Waals surface area contributed by atoms with E-state index in [-0.39, 0.29) is 0 Å². The first-order valence-corrected chi connectivity index (χ1v) is 19.3. The largest absolute Gasteiger partial charge is 0.465 e. The molecule has 5 heteroatoms. The van der Waals surface area contributed by atoms with Crippen LogP contribution < -0.4 is 0 Å². The Morgan fingerprint density at radius 3 is 1.30 bits per heavy atom. The molecule has 0 unspecified atom stereocenters. The lowest BCUT2D eigenvalue weighted by Crippen LogP contribution is -2.04. The minimum atomic E-state index is -0.406. The zero-order valence-electron chi connectivity index (χ0n) is 32.1. The molecule has 0 aromatic heterocycles. The molecule has 0 N–H and O–H groups in total. The van der Waals surface area contributed by atoms with Crippen molar-refractivity contribution in [3.8, 4) is 66.8 Å². The maximum atomic E-state index is 12.7. The summed E-state index contributed by atoms with van der Waals surface area (Å²) in [5, 5.41) is 0.636. The molecular formula is C51H43ClO4. The van der Waals surface area contributed by atoms with E-state index in [1.54, 1.807) is 0 Å². The summed E-state index contributed by atoms with van der Waals surface area (Å²) in [5.74, 6) is -0.810. The van der Waals surface area contributed by atoms with Crippen LogP contribution in [0.1, 0.15) is 51.6 Å². The van der Waals surface area contributed by atoms with Crippen LogP contribution in [0.15, 0.2) is 152 Å². The number of hydrogen-bond acceptors (Lipinski definition) is 4. The number of carbonyl (C=O) groups excluding carboxylic acids is 2. The van der Waals surface area contributed by atoms with E-state index in [9.17, 15) is 9.59 Å². The van der Waals surface area contributed by atoms with Crippen molar-refractivity contribution in [1.82, 2.24) is 0 Å². The van der Waals surface area contributed by atoms with Crippen LogP contribution >= 0.6 is 11.6 Å². The van der Waals surface area contributed by atoms with Gasteiger partial charge in [0.2, 0.25) is 0 Å². The molecule has 56 heavy (non-hydrogen) atoms. The Morgan fingerprint density at radius 1 is 0.482 bits per heavy atom. The van der Waals surface area contributed by atoms with Crippen LogP contribution in [0.2, 0.25) is 5.02 Å². The number of unbranched alkanes of at least 4 members (excludes halogenated alkanes) is 1. The van der Waals surface area contributed by atoms with Gasteiger partial charge < -0.3 is 9.47 Å². The first-order valence-electron chi connectivity index (χ1n) is 18.9. The molecule has 0 aliphatic rings. The summed E-state index contributed by atoms with van der Waals surface area (Å²) in [6, 6.07) is 51.4. The third-order valence-corrected chi connectivity index (χ3v) is 10.5. The number of hydrogen-bond donors (Lipinski definition) is 0. The smallest absolute Gasteiger partial charge is 0.337 e. The van der Waals surface area contributed by atoms with E-state index in [4.69, 9.17) is 21.1 Å². The van der Waals surface area contributed by atoms with Crippen LogP contribution in [0, 0.1) is 6.92 Å². The monoisotopic (exact) mass is 754 g/mol. The molecule has 0 aliphatic heterocycles. The molecule has 0 saturated heterocycles. The number of carbonyl (C=O) groups is 2. The maximum absolute atomic E-state index is 12.7. The zero-order valence-corrected chi connectivity index (χ0v) is 32.8. The molecule has 0 saturated carbocycles. The molecule has 0 spiro atoms. The summed E-state index contributed by atoms with van der Waals surface area (Å²) in [5.41, 5.74) is 15.5. The van der Waals surface area contributed by atoms with E-state index in [2.05, 4.69) is 98.8 Å². The number of aryl methyl sites for hydroxylation is 2. The van der Waals surface area contributed by atoms with E-state index in [0.717, 1.165) is 91.6 Å². The summed E-state index contributed by atoms with van der Waals surface area (Å²) in [6.07, 6.45) is 3.27. The predicted molar refractivity (Wildman–Crippen MR) is 230 cm³/mol. The molecule has 4 nitrogen and oxygen atoms in total. The van der Waals surface area contributed by atoms with Crippen molar-refractivity contribution in [3.05, 3.63) is 179 Å². The van der Waals surface area contributed by atoms with Crippen LogP contribution in [0.5, 0.6) is 0 Å². The topological polar surface area (TPSA) is 52.6 Å². The van der Waals surface area contributed by atoms with Crippen molar-refractivity contribution < 1.29 is 19.1 Å². The number of benzene rings is 7. The quantitative estimate of drug-likeness (QED) is 0.123. The van der Waals surface area contributed by atoms with Gasteiger partial charge in [-0.05, 0) is 128 Å². The second-order valence-corrected chi connectivity index (χ2v) is 14.4. The van der Waals surface area contributed by atoms with Gasteiger partial charge in [-0.3, -0.25) is 0 Å². The van der Waals surface area contributed by atoms with Crippen molar-refractivity contribution in [1.29, 1.82) is 0 Å². The van der Waals surface area contributed by atoms with Crippen LogP contribution in [0.3, 0.4) is 0 Å². The van der Waals surface area contributed by atoms with Gasteiger partial charge in [-0.1, -0.05) is 146 Å². The fourth-order valence-electron chi connectivity index (χ4n) is 7.50. The number of esters is 2. The van der Waals surface area contributed by atoms with Gasteiger partial charge in [-0.2, -0.15) is 0 Å². The highest BCUT2D eigenvalue weighted by atomic mass is 35.5. The van der Waals surface area contributed by atoms with E-state index in [1.165, 1.54) is 19.8 Å². The van der Waals surface area contributed by atoms with Gasteiger partial charge in [0.05, 0.1) is 25.3 Å². The molecular weight excluding hydrogens is 712 g/mol. The van der Waals surface area contributed by atoms with E-state index in [1.807, 2.05) is 66.7 Å². The van der Waals surface area contributed by atoms with E-state index in [0.29, 0.717) is 16.1 Å². The number of halogens is 1. The first kappa shape index (κ1) is 38.1. The van der Waals surface area contributed by atoms with Gasteiger partial charge in [0, 0.05) is 5.02 Å². The Bertz CT molecular complexity index is 2480. The summed E-state index contributed by atoms with van der Waals surface area (Å²) < 4.78 is 10.2. The first-order chi connectivity index (χ1) is 27.3. The zero-order chi connectivity index (χ0) is 39.2. The van der Waals surface area contributed by atoms with Gasteiger partial charge in [0.15, 0.2) is 0 Å². The highest BCUT2D eigenvalue weighted by Gasteiger charge is 2.29. The second kappa shape index (κ2) is 17.1. The Kier molecular flexibility index (Phi) is 11.6. The standard InChI is InChI=1S/C51H43ClO4/c1-5-6-12-34-16-18-36(19-17-34)47-44(35-13-8-7-9-14-35)46(39-28-30-43(52)31-29-39)45(37-20-24-40(25-21-37)50(53)55-3)48(49(47)42-15-10-11-33(2)32-42)38-22-26-41(27-23-38)51(54)56-4/h7-11,13-32H,5-6,12H2,1-4H3. The Morgan fingerprint density at radius 2 is 0.875 bits per heavy atom. The fraction of sp³-hybridized carbons (Fsp3) is 0.137. The molecule has 0 fully saturated rings. The summed E-state index contributed by atoms with van der Waals surface area (Å²) in [4.78, 5) is 25.4. The maximum Gasteiger partial charge on any atom is 0.337 e. The van der Waals surface area contributed by atoms with Crippen LogP contribution in [-0.2, 0) is 15.9 Å². The minimum absolute atomic E-state index is 0.404. The Labute approximate surface area is 334 Å². The van der Waals surface area contributed by atoms with Crippen LogP contribution in [0.25, 0.3) is 66.8 Å². The van der Waals surface area contributed by atoms with E-state index < -0.39 is 11.9 Å². The SMILES string of the molecule is CCCCc1ccc(-c2c(-c3ccccc3)c(-c3ccc(Cl)cc3)c(-c3ccc(C(=O)OC)cc3)c(-c3ccc(C(=O)OC)cc3)c2-c2cccc(C)c2)cc1. The third-order valence-electron chi connectivity index (χ3n) is 10.3. The molecule has 278 valence electrons. The summed E-state index contributed by atoms with van der Waals surface area (Å²) >= 11 is 6.57. The molecule has 0 bridgehead atoms. The van der Waals surface area contributed by atoms with Gasteiger partial charge >= 0.3 is 11.9 Å². The molecule has 7 aromatic carbocycles. The molecule has 7 aromatic rings. The molecule has 7 rings (SSSR count). The van der Waals surface area contributed by atoms with Gasteiger partial charge in [0.1, 0.15) is 0 Å².